The van der Waals surface area contributed by atoms with Crippen LogP contribution in [0.25, 0.3) is 11.0 Å². The summed E-state index contributed by atoms with van der Waals surface area (Å²) in [5.41, 5.74) is 1.43. The second-order valence-corrected chi connectivity index (χ2v) is 4.52. The first kappa shape index (κ1) is 11.8. The van der Waals surface area contributed by atoms with Crippen LogP contribution in [0.3, 0.4) is 0 Å². The molecule has 2 aromatic rings. The molecule has 0 amide bonds. The Morgan fingerprint density at radius 1 is 1.35 bits per heavy atom. The maximum absolute atomic E-state index is 13.5. The minimum atomic E-state index is -0.295. The Kier molecular flexibility index (Phi) is 3.01. The highest BCUT2D eigenvalue weighted by atomic mass is 19.1. The fourth-order valence-corrected chi connectivity index (χ4v) is 2.03. The Morgan fingerprint density at radius 2 is 2.06 bits per heavy atom. The standard InChI is InChI=1S/C14H15FO2/c1-8(10(3)16)9(2)13-7-12(15)6-11-4-5-17-14(11)13/h4-9H,1-3H3. The van der Waals surface area contributed by atoms with Gasteiger partial charge in [0.25, 0.3) is 0 Å². The molecule has 3 heteroatoms. The molecule has 0 radical (unpaired) electrons. The van der Waals surface area contributed by atoms with Gasteiger partial charge in [0.1, 0.15) is 17.2 Å². The van der Waals surface area contributed by atoms with E-state index in [4.69, 9.17) is 4.42 Å². The van der Waals surface area contributed by atoms with Gasteiger partial charge in [-0.05, 0) is 31.0 Å². The average molecular weight is 234 g/mol. The molecule has 0 saturated carbocycles. The van der Waals surface area contributed by atoms with Crippen LogP contribution < -0.4 is 0 Å². The van der Waals surface area contributed by atoms with Crippen LogP contribution in [-0.2, 0) is 4.79 Å². The second kappa shape index (κ2) is 4.32. The quantitative estimate of drug-likeness (QED) is 0.806. The molecule has 2 unspecified atom stereocenters. The summed E-state index contributed by atoms with van der Waals surface area (Å²) in [7, 11) is 0. The molecule has 0 saturated heterocycles. The van der Waals surface area contributed by atoms with Gasteiger partial charge in [0.2, 0.25) is 0 Å². The van der Waals surface area contributed by atoms with Crippen LogP contribution in [0.1, 0.15) is 32.3 Å². The van der Waals surface area contributed by atoms with Crippen LogP contribution in [0.2, 0.25) is 0 Å². The number of carbonyl (C=O) groups is 1. The Labute approximate surface area is 99.4 Å². The molecular weight excluding hydrogens is 219 g/mol. The third-order valence-corrected chi connectivity index (χ3v) is 3.43. The molecular formula is C14H15FO2. The van der Waals surface area contributed by atoms with E-state index in [2.05, 4.69) is 0 Å². The summed E-state index contributed by atoms with van der Waals surface area (Å²) in [5.74, 6) is -0.403. The van der Waals surface area contributed by atoms with Crippen molar-refractivity contribution in [2.75, 3.05) is 0 Å². The van der Waals surface area contributed by atoms with Crippen molar-refractivity contribution in [3.05, 3.63) is 35.8 Å². The van der Waals surface area contributed by atoms with Crippen molar-refractivity contribution in [1.82, 2.24) is 0 Å². The molecule has 2 rings (SSSR count). The highest BCUT2D eigenvalue weighted by Gasteiger charge is 2.22. The van der Waals surface area contributed by atoms with E-state index in [-0.39, 0.29) is 23.4 Å². The zero-order chi connectivity index (χ0) is 12.6. The number of fused-ring (bicyclic) bond motifs is 1. The van der Waals surface area contributed by atoms with Gasteiger partial charge in [-0.2, -0.15) is 0 Å². The Morgan fingerprint density at radius 3 is 2.71 bits per heavy atom. The van der Waals surface area contributed by atoms with E-state index in [1.54, 1.807) is 19.3 Å². The van der Waals surface area contributed by atoms with Gasteiger partial charge >= 0.3 is 0 Å². The lowest BCUT2D eigenvalue weighted by atomic mass is 9.86. The zero-order valence-corrected chi connectivity index (χ0v) is 10.2. The third-order valence-electron chi connectivity index (χ3n) is 3.43. The van der Waals surface area contributed by atoms with E-state index in [1.165, 1.54) is 12.1 Å². The highest BCUT2D eigenvalue weighted by molar-refractivity contribution is 5.83. The molecule has 2 atom stereocenters. The number of rotatable bonds is 3. The molecule has 0 fully saturated rings. The number of ketones is 1. The zero-order valence-electron chi connectivity index (χ0n) is 10.2. The predicted molar refractivity (Wildman–Crippen MR) is 64.4 cm³/mol. The average Bonchev–Trinajstić information content (AvgIpc) is 2.73. The first-order chi connectivity index (χ1) is 8.00. The largest absolute Gasteiger partial charge is 0.464 e. The number of hydrogen-bond donors (Lipinski definition) is 0. The molecule has 1 aromatic heterocycles. The van der Waals surface area contributed by atoms with Crippen molar-refractivity contribution in [2.45, 2.75) is 26.7 Å². The highest BCUT2D eigenvalue weighted by Crippen LogP contribution is 2.32. The number of Topliss-reactive ketones (excluding diaryl/α,β-unsaturated/α-hetero) is 1. The summed E-state index contributed by atoms with van der Waals surface area (Å²) in [4.78, 5) is 11.4. The Hall–Kier alpha value is -1.64. The Bertz CT molecular complexity index is 556. The van der Waals surface area contributed by atoms with Crippen molar-refractivity contribution in [2.24, 2.45) is 5.92 Å². The van der Waals surface area contributed by atoms with E-state index in [0.29, 0.717) is 5.58 Å². The molecule has 0 aliphatic heterocycles. The van der Waals surface area contributed by atoms with Gasteiger partial charge in [-0.15, -0.1) is 0 Å². The first-order valence-corrected chi connectivity index (χ1v) is 5.68. The summed E-state index contributed by atoms with van der Waals surface area (Å²) in [6.07, 6.45) is 1.54. The van der Waals surface area contributed by atoms with Crippen molar-refractivity contribution in [3.8, 4) is 0 Å². The van der Waals surface area contributed by atoms with Gasteiger partial charge in [0.15, 0.2) is 0 Å². The Balaban J connectivity index is 2.53. The minimum absolute atomic E-state index is 0.0585. The molecule has 0 aliphatic carbocycles. The van der Waals surface area contributed by atoms with Crippen LogP contribution in [-0.4, -0.2) is 5.78 Å². The summed E-state index contributed by atoms with van der Waals surface area (Å²) in [6, 6.07) is 4.62. The number of halogens is 1. The van der Waals surface area contributed by atoms with Crippen LogP contribution in [0, 0.1) is 11.7 Å². The first-order valence-electron chi connectivity index (χ1n) is 5.68. The van der Waals surface area contributed by atoms with Gasteiger partial charge in [-0.25, -0.2) is 4.39 Å². The maximum Gasteiger partial charge on any atom is 0.137 e. The summed E-state index contributed by atoms with van der Waals surface area (Å²) in [5, 5.41) is 0.739. The molecule has 0 aliphatic rings. The number of furan rings is 1. The maximum atomic E-state index is 13.5. The third kappa shape index (κ3) is 2.09. The molecule has 0 spiro atoms. The van der Waals surface area contributed by atoms with E-state index < -0.39 is 0 Å². The molecule has 0 N–H and O–H groups in total. The van der Waals surface area contributed by atoms with Crippen LogP contribution >= 0.6 is 0 Å². The fourth-order valence-electron chi connectivity index (χ4n) is 2.03. The lowest BCUT2D eigenvalue weighted by Crippen LogP contribution is -2.14. The van der Waals surface area contributed by atoms with Gasteiger partial charge in [0, 0.05) is 16.9 Å². The second-order valence-electron chi connectivity index (χ2n) is 4.52. The number of benzene rings is 1. The molecule has 2 nitrogen and oxygen atoms in total. The predicted octanol–water partition coefficient (Wildman–Crippen LogP) is 3.90. The summed E-state index contributed by atoms with van der Waals surface area (Å²) < 4.78 is 18.9. The van der Waals surface area contributed by atoms with Gasteiger partial charge in [-0.3, -0.25) is 4.79 Å². The lowest BCUT2D eigenvalue weighted by Gasteiger charge is -2.18. The molecule has 1 aromatic carbocycles. The van der Waals surface area contributed by atoms with E-state index in [1.807, 2.05) is 13.8 Å². The van der Waals surface area contributed by atoms with Crippen molar-refractivity contribution in [1.29, 1.82) is 0 Å². The van der Waals surface area contributed by atoms with Gasteiger partial charge in [-0.1, -0.05) is 13.8 Å². The monoisotopic (exact) mass is 234 g/mol. The van der Waals surface area contributed by atoms with Gasteiger partial charge < -0.3 is 4.42 Å². The molecule has 90 valence electrons. The molecule has 1 heterocycles. The summed E-state index contributed by atoms with van der Waals surface area (Å²) >= 11 is 0. The number of carbonyl (C=O) groups excluding carboxylic acids is 1. The molecule has 17 heavy (non-hydrogen) atoms. The smallest absolute Gasteiger partial charge is 0.137 e. The minimum Gasteiger partial charge on any atom is -0.464 e. The normalized spacial score (nSPS) is 14.8. The van der Waals surface area contributed by atoms with Crippen molar-refractivity contribution >= 4 is 16.8 Å². The van der Waals surface area contributed by atoms with Gasteiger partial charge in [0.05, 0.1) is 6.26 Å². The SMILES string of the molecule is CC(=O)C(C)C(C)c1cc(F)cc2ccoc12. The van der Waals surface area contributed by atoms with E-state index >= 15 is 0 Å². The lowest BCUT2D eigenvalue weighted by molar-refractivity contribution is -0.120. The van der Waals surface area contributed by atoms with Crippen molar-refractivity contribution in [3.63, 3.8) is 0 Å². The van der Waals surface area contributed by atoms with Crippen LogP contribution in [0.5, 0.6) is 0 Å². The van der Waals surface area contributed by atoms with Crippen molar-refractivity contribution < 1.29 is 13.6 Å². The van der Waals surface area contributed by atoms with E-state index in [9.17, 15) is 9.18 Å². The van der Waals surface area contributed by atoms with Crippen LogP contribution in [0.15, 0.2) is 28.9 Å². The van der Waals surface area contributed by atoms with E-state index in [0.717, 1.165) is 10.9 Å². The number of hydrogen-bond acceptors (Lipinski definition) is 2. The fraction of sp³-hybridized carbons (Fsp3) is 0.357. The topological polar surface area (TPSA) is 30.2 Å². The van der Waals surface area contributed by atoms with Crippen LogP contribution in [0.4, 0.5) is 4.39 Å². The summed E-state index contributed by atoms with van der Waals surface area (Å²) in [6.45, 7) is 5.33. The molecule has 0 bridgehead atoms.